The lowest BCUT2D eigenvalue weighted by Crippen LogP contribution is -2.43. The van der Waals surface area contributed by atoms with Gasteiger partial charge in [-0.15, -0.1) is 11.3 Å². The van der Waals surface area contributed by atoms with E-state index < -0.39 is 6.10 Å². The number of nitrogens with zero attached hydrogens (tertiary/aromatic N) is 1. The lowest BCUT2D eigenvalue weighted by atomic mass is 9.89. The molecule has 1 rings (SSSR count). The second-order valence-electron chi connectivity index (χ2n) is 5.31. The van der Waals surface area contributed by atoms with Crippen molar-refractivity contribution in [2.24, 2.45) is 5.41 Å². The smallest absolute Gasteiger partial charge is 0.315 e. The first-order valence-electron chi connectivity index (χ1n) is 5.89. The number of urea groups is 1. The first-order valence-corrected chi connectivity index (χ1v) is 6.77. The van der Waals surface area contributed by atoms with Crippen molar-refractivity contribution in [3.05, 3.63) is 16.1 Å². The quantitative estimate of drug-likeness (QED) is 0.779. The van der Waals surface area contributed by atoms with Gasteiger partial charge in [-0.2, -0.15) is 0 Å². The number of amides is 2. The highest BCUT2D eigenvalue weighted by atomic mass is 32.1. The van der Waals surface area contributed by atoms with Gasteiger partial charge in [-0.25, -0.2) is 9.78 Å². The summed E-state index contributed by atoms with van der Waals surface area (Å²) in [5, 5.41) is 15.2. The molecule has 6 heteroatoms. The van der Waals surface area contributed by atoms with Gasteiger partial charge >= 0.3 is 6.03 Å². The van der Waals surface area contributed by atoms with Crippen LogP contribution >= 0.6 is 11.3 Å². The van der Waals surface area contributed by atoms with E-state index >= 15 is 0 Å². The Hall–Kier alpha value is -1.14. The lowest BCUT2D eigenvalue weighted by molar-refractivity contribution is 0.0650. The van der Waals surface area contributed by atoms with Gasteiger partial charge in [0.2, 0.25) is 0 Å². The monoisotopic (exact) mass is 271 g/mol. The predicted octanol–water partition coefficient (Wildman–Crippen LogP) is 1.66. The van der Waals surface area contributed by atoms with E-state index in [2.05, 4.69) is 15.6 Å². The third-order valence-electron chi connectivity index (χ3n) is 2.71. The van der Waals surface area contributed by atoms with Gasteiger partial charge in [-0.05, 0) is 12.3 Å². The summed E-state index contributed by atoms with van der Waals surface area (Å²) >= 11 is 1.52. The molecule has 18 heavy (non-hydrogen) atoms. The Labute approximate surface area is 112 Å². The summed E-state index contributed by atoms with van der Waals surface area (Å²) < 4.78 is 0. The van der Waals surface area contributed by atoms with Gasteiger partial charge in [-0.3, -0.25) is 0 Å². The molecule has 0 aromatic carbocycles. The number of aryl methyl sites for hydroxylation is 1. The van der Waals surface area contributed by atoms with Crippen LogP contribution in [-0.4, -0.2) is 28.8 Å². The molecule has 0 aliphatic heterocycles. The van der Waals surface area contributed by atoms with E-state index in [9.17, 15) is 9.90 Å². The fraction of sp³-hybridized carbons (Fsp3) is 0.667. The molecule has 0 aliphatic rings. The van der Waals surface area contributed by atoms with E-state index in [1.54, 1.807) is 5.51 Å². The number of aromatic nitrogens is 1. The van der Waals surface area contributed by atoms with Crippen molar-refractivity contribution in [1.82, 2.24) is 15.6 Å². The fourth-order valence-electron chi connectivity index (χ4n) is 1.21. The van der Waals surface area contributed by atoms with Crippen LogP contribution in [0, 0.1) is 12.3 Å². The number of carbonyl (C=O) groups is 1. The van der Waals surface area contributed by atoms with Crippen molar-refractivity contribution >= 4 is 17.4 Å². The average molecular weight is 271 g/mol. The Bertz CT molecular complexity index is 398. The molecule has 1 atom stereocenters. The Morgan fingerprint density at radius 2 is 2.17 bits per heavy atom. The number of hydrogen-bond acceptors (Lipinski definition) is 4. The summed E-state index contributed by atoms with van der Waals surface area (Å²) in [7, 11) is 0. The lowest BCUT2D eigenvalue weighted by Gasteiger charge is -2.25. The average Bonchev–Trinajstić information content (AvgIpc) is 2.67. The summed E-state index contributed by atoms with van der Waals surface area (Å²) in [6.45, 7) is 8.41. The normalized spacial score (nSPS) is 13.2. The maximum Gasteiger partial charge on any atom is 0.315 e. The highest BCUT2D eigenvalue weighted by molar-refractivity contribution is 7.09. The van der Waals surface area contributed by atoms with Gasteiger partial charge in [0, 0.05) is 11.4 Å². The highest BCUT2D eigenvalue weighted by Crippen LogP contribution is 2.18. The maximum absolute atomic E-state index is 11.5. The minimum absolute atomic E-state index is 0.235. The van der Waals surface area contributed by atoms with E-state index in [-0.39, 0.29) is 18.0 Å². The molecule has 0 bridgehead atoms. The van der Waals surface area contributed by atoms with E-state index in [1.807, 2.05) is 27.7 Å². The van der Waals surface area contributed by atoms with Crippen LogP contribution in [0.1, 0.15) is 31.3 Å². The van der Waals surface area contributed by atoms with Crippen LogP contribution in [0.4, 0.5) is 4.79 Å². The van der Waals surface area contributed by atoms with Crippen LogP contribution in [0.5, 0.6) is 0 Å². The van der Waals surface area contributed by atoms with Crippen molar-refractivity contribution in [2.45, 2.75) is 40.3 Å². The van der Waals surface area contributed by atoms with Crippen molar-refractivity contribution in [3.8, 4) is 0 Å². The van der Waals surface area contributed by atoms with Crippen LogP contribution in [0.2, 0.25) is 0 Å². The van der Waals surface area contributed by atoms with Gasteiger partial charge in [0.25, 0.3) is 0 Å². The Morgan fingerprint density at radius 1 is 1.50 bits per heavy atom. The third kappa shape index (κ3) is 4.62. The summed E-state index contributed by atoms with van der Waals surface area (Å²) in [4.78, 5) is 16.7. The molecule has 1 aromatic rings. The molecule has 1 aromatic heterocycles. The second kappa shape index (κ2) is 6.15. The Morgan fingerprint density at radius 3 is 2.67 bits per heavy atom. The van der Waals surface area contributed by atoms with Crippen molar-refractivity contribution in [3.63, 3.8) is 0 Å². The number of thiazole rings is 1. The molecule has 5 nitrogen and oxygen atoms in total. The first kappa shape index (κ1) is 14.9. The number of carbonyl (C=O) groups excluding carboxylic acids is 1. The molecule has 3 N–H and O–H groups in total. The zero-order chi connectivity index (χ0) is 13.8. The molecule has 0 saturated carbocycles. The largest absolute Gasteiger partial charge is 0.391 e. The van der Waals surface area contributed by atoms with E-state index in [0.29, 0.717) is 6.54 Å². The molecule has 0 spiro atoms. The number of rotatable bonds is 4. The van der Waals surface area contributed by atoms with Crippen LogP contribution in [-0.2, 0) is 6.54 Å². The van der Waals surface area contributed by atoms with Crippen LogP contribution in [0.15, 0.2) is 5.51 Å². The van der Waals surface area contributed by atoms with Gasteiger partial charge in [0.1, 0.15) is 0 Å². The van der Waals surface area contributed by atoms with Gasteiger partial charge < -0.3 is 15.7 Å². The zero-order valence-electron chi connectivity index (χ0n) is 11.3. The second-order valence-corrected chi connectivity index (χ2v) is 6.25. The fourth-order valence-corrected chi connectivity index (χ4v) is 1.93. The first-order chi connectivity index (χ1) is 8.30. The van der Waals surface area contributed by atoms with E-state index in [1.165, 1.54) is 11.3 Å². The minimum atomic E-state index is -0.562. The summed E-state index contributed by atoms with van der Waals surface area (Å²) in [6, 6.07) is -0.272. The van der Waals surface area contributed by atoms with E-state index in [0.717, 1.165) is 10.6 Å². The molecule has 1 unspecified atom stereocenters. The zero-order valence-corrected chi connectivity index (χ0v) is 12.1. The summed E-state index contributed by atoms with van der Waals surface area (Å²) in [5.41, 5.74) is 2.46. The number of aliphatic hydroxyl groups excluding tert-OH is 1. The molecular formula is C12H21N3O2S. The number of nitrogens with one attached hydrogen (secondary N) is 2. The predicted molar refractivity (Wildman–Crippen MR) is 72.6 cm³/mol. The molecule has 1 heterocycles. The van der Waals surface area contributed by atoms with Crippen LogP contribution in [0.25, 0.3) is 0 Å². The van der Waals surface area contributed by atoms with Crippen molar-refractivity contribution < 1.29 is 9.90 Å². The molecule has 102 valence electrons. The third-order valence-corrected chi connectivity index (χ3v) is 3.65. The number of hydrogen-bond donors (Lipinski definition) is 3. The standard InChI is InChI=1S/C12H21N3O2S/c1-8-9(18-7-15-8)5-13-11(17)14-6-10(16)12(2,3)4/h7,10,16H,5-6H2,1-4H3,(H2,13,14,17). The van der Waals surface area contributed by atoms with Crippen molar-refractivity contribution in [2.75, 3.05) is 6.54 Å². The summed E-state index contributed by atoms with van der Waals surface area (Å²) in [6.07, 6.45) is -0.562. The molecule has 0 radical (unpaired) electrons. The number of aliphatic hydroxyl groups is 1. The maximum atomic E-state index is 11.5. The summed E-state index contributed by atoms with van der Waals surface area (Å²) in [5.74, 6) is 0. The SMILES string of the molecule is Cc1ncsc1CNC(=O)NCC(O)C(C)(C)C. The molecule has 2 amide bonds. The van der Waals surface area contributed by atoms with Gasteiger partial charge in [0.15, 0.2) is 0 Å². The molecule has 0 fully saturated rings. The molecule has 0 saturated heterocycles. The minimum Gasteiger partial charge on any atom is -0.391 e. The Kier molecular flexibility index (Phi) is 5.10. The van der Waals surface area contributed by atoms with Crippen LogP contribution < -0.4 is 10.6 Å². The van der Waals surface area contributed by atoms with Gasteiger partial charge in [-0.1, -0.05) is 20.8 Å². The molecular weight excluding hydrogens is 250 g/mol. The topological polar surface area (TPSA) is 74.2 Å². The van der Waals surface area contributed by atoms with E-state index in [4.69, 9.17) is 0 Å². The van der Waals surface area contributed by atoms with Gasteiger partial charge in [0.05, 0.1) is 23.9 Å². The van der Waals surface area contributed by atoms with Crippen LogP contribution in [0.3, 0.4) is 0 Å². The highest BCUT2D eigenvalue weighted by Gasteiger charge is 2.22. The van der Waals surface area contributed by atoms with Crippen molar-refractivity contribution in [1.29, 1.82) is 0 Å². The molecule has 0 aliphatic carbocycles. The Balaban J connectivity index is 2.29.